The van der Waals surface area contributed by atoms with Crippen molar-refractivity contribution in [3.8, 4) is 5.75 Å². The molecule has 0 aliphatic heterocycles. The lowest BCUT2D eigenvalue weighted by atomic mass is 10.2. The van der Waals surface area contributed by atoms with Crippen LogP contribution < -0.4 is 0 Å². The Balaban J connectivity index is 2.73. The molecule has 0 aromatic heterocycles. The Morgan fingerprint density at radius 1 is 1.18 bits per heavy atom. The summed E-state index contributed by atoms with van der Waals surface area (Å²) in [6.07, 6.45) is 5.92. The van der Waals surface area contributed by atoms with Crippen LogP contribution >= 0.6 is 0 Å². The lowest BCUT2D eigenvalue weighted by Gasteiger charge is -1.92. The van der Waals surface area contributed by atoms with Gasteiger partial charge >= 0.3 is 0 Å². The second-order valence-corrected chi connectivity index (χ2v) is 2.28. The van der Waals surface area contributed by atoms with Crippen molar-refractivity contribution < 1.29 is 5.11 Å². The Hall–Kier alpha value is -1.24. The minimum Gasteiger partial charge on any atom is -0.508 e. The smallest absolute Gasteiger partial charge is 0.115 e. The lowest BCUT2D eigenvalue weighted by Crippen LogP contribution is -1.69. The molecule has 0 saturated heterocycles. The van der Waals surface area contributed by atoms with Crippen molar-refractivity contribution in [1.82, 2.24) is 0 Å². The van der Waals surface area contributed by atoms with Gasteiger partial charge in [0.25, 0.3) is 0 Å². The average molecular weight is 147 g/mol. The Morgan fingerprint density at radius 3 is 2.36 bits per heavy atom. The largest absolute Gasteiger partial charge is 0.508 e. The first-order valence-corrected chi connectivity index (χ1v) is 3.58. The molecule has 57 valence electrons. The summed E-state index contributed by atoms with van der Waals surface area (Å²) >= 11 is 0. The molecule has 0 unspecified atom stereocenters. The molecule has 0 spiro atoms. The van der Waals surface area contributed by atoms with Crippen LogP contribution in [0.3, 0.4) is 0 Å². The van der Waals surface area contributed by atoms with Crippen molar-refractivity contribution in [2.45, 2.75) is 6.92 Å². The number of hydrogen-bond acceptors (Lipinski definition) is 1. The van der Waals surface area contributed by atoms with E-state index in [1.807, 2.05) is 37.6 Å². The van der Waals surface area contributed by atoms with Gasteiger partial charge in [0.05, 0.1) is 0 Å². The van der Waals surface area contributed by atoms with Crippen LogP contribution in [0.25, 0.3) is 6.08 Å². The average Bonchev–Trinajstić information content (AvgIpc) is 2.04. The van der Waals surface area contributed by atoms with Crippen molar-refractivity contribution in [2.75, 3.05) is 0 Å². The quantitative estimate of drug-likeness (QED) is 0.681. The van der Waals surface area contributed by atoms with Crippen LogP contribution in [0.5, 0.6) is 5.75 Å². The molecule has 0 bridgehead atoms. The normalized spacial score (nSPS) is 10.6. The molecule has 0 aliphatic carbocycles. The summed E-state index contributed by atoms with van der Waals surface area (Å²) in [5, 5.41) is 8.95. The maximum atomic E-state index is 8.95. The highest BCUT2D eigenvalue weighted by molar-refractivity contribution is 5.51. The summed E-state index contributed by atoms with van der Waals surface area (Å²) in [7, 11) is 0. The monoisotopic (exact) mass is 147 g/mol. The van der Waals surface area contributed by atoms with Gasteiger partial charge in [-0.05, 0) is 24.1 Å². The van der Waals surface area contributed by atoms with E-state index in [9.17, 15) is 0 Å². The van der Waals surface area contributed by atoms with Crippen LogP contribution in [-0.2, 0) is 0 Å². The van der Waals surface area contributed by atoms with Crippen molar-refractivity contribution in [3.05, 3.63) is 42.3 Å². The standard InChI is InChI=1S/C10H11O/c1-2-3-4-9-5-7-10(11)8-6-9/h2-8,11H,1H3. The number of phenols is 1. The fourth-order valence-corrected chi connectivity index (χ4v) is 0.793. The fourth-order valence-electron chi connectivity index (χ4n) is 0.793. The third-order valence-corrected chi connectivity index (χ3v) is 1.37. The van der Waals surface area contributed by atoms with E-state index >= 15 is 0 Å². The summed E-state index contributed by atoms with van der Waals surface area (Å²) in [4.78, 5) is 0. The van der Waals surface area contributed by atoms with Crippen LogP contribution in [-0.4, -0.2) is 5.11 Å². The summed E-state index contributed by atoms with van der Waals surface area (Å²) in [5.41, 5.74) is 1.10. The molecule has 1 radical (unpaired) electrons. The number of hydrogen-bond donors (Lipinski definition) is 1. The molecule has 1 rings (SSSR count). The Bertz CT molecular complexity index is 234. The highest BCUT2D eigenvalue weighted by Crippen LogP contribution is 2.10. The zero-order chi connectivity index (χ0) is 8.10. The minimum atomic E-state index is 0.308. The number of allylic oxidation sites excluding steroid dienone is 1. The first-order valence-electron chi connectivity index (χ1n) is 3.58. The predicted molar refractivity (Wildman–Crippen MR) is 47.1 cm³/mol. The third kappa shape index (κ3) is 2.46. The van der Waals surface area contributed by atoms with Gasteiger partial charge in [0.15, 0.2) is 0 Å². The van der Waals surface area contributed by atoms with E-state index in [1.165, 1.54) is 0 Å². The van der Waals surface area contributed by atoms with Gasteiger partial charge in [0.1, 0.15) is 5.75 Å². The van der Waals surface area contributed by atoms with E-state index in [-0.39, 0.29) is 0 Å². The topological polar surface area (TPSA) is 20.2 Å². The molecule has 11 heavy (non-hydrogen) atoms. The van der Waals surface area contributed by atoms with E-state index in [4.69, 9.17) is 5.11 Å². The summed E-state index contributed by atoms with van der Waals surface area (Å²) in [6, 6.07) is 7.09. The second kappa shape index (κ2) is 3.81. The zero-order valence-electron chi connectivity index (χ0n) is 6.49. The van der Waals surface area contributed by atoms with Crippen LogP contribution in [0.2, 0.25) is 0 Å². The molecular formula is C10H11O. The third-order valence-electron chi connectivity index (χ3n) is 1.37. The van der Waals surface area contributed by atoms with Crippen LogP contribution in [0.4, 0.5) is 0 Å². The molecule has 1 nitrogen and oxygen atoms in total. The number of aromatic hydroxyl groups is 1. The molecular weight excluding hydrogens is 136 g/mol. The number of phenolic OH excluding ortho intramolecular Hbond substituents is 1. The van der Waals surface area contributed by atoms with Crippen LogP contribution in [0.15, 0.2) is 30.3 Å². The Labute approximate surface area is 67.0 Å². The van der Waals surface area contributed by atoms with E-state index in [1.54, 1.807) is 12.1 Å². The van der Waals surface area contributed by atoms with Gasteiger partial charge in [0.2, 0.25) is 0 Å². The van der Waals surface area contributed by atoms with Crippen LogP contribution in [0, 0.1) is 6.42 Å². The summed E-state index contributed by atoms with van der Waals surface area (Å²) in [5.74, 6) is 0.308. The van der Waals surface area contributed by atoms with Gasteiger partial charge in [-0.3, -0.25) is 0 Å². The fraction of sp³-hybridized carbons (Fsp3) is 0.100. The predicted octanol–water partition coefficient (Wildman–Crippen LogP) is 2.63. The van der Waals surface area contributed by atoms with E-state index in [2.05, 4.69) is 0 Å². The molecule has 1 aromatic carbocycles. The van der Waals surface area contributed by atoms with Gasteiger partial charge in [-0.2, -0.15) is 0 Å². The molecule has 0 heterocycles. The molecule has 1 heteroatoms. The summed E-state index contributed by atoms with van der Waals surface area (Å²) < 4.78 is 0. The maximum Gasteiger partial charge on any atom is 0.115 e. The van der Waals surface area contributed by atoms with E-state index in [0.717, 1.165) is 5.56 Å². The van der Waals surface area contributed by atoms with Crippen molar-refractivity contribution in [2.24, 2.45) is 0 Å². The highest BCUT2D eigenvalue weighted by Gasteiger charge is 1.85. The van der Waals surface area contributed by atoms with Crippen molar-refractivity contribution in [3.63, 3.8) is 0 Å². The Morgan fingerprint density at radius 2 is 1.82 bits per heavy atom. The van der Waals surface area contributed by atoms with E-state index < -0.39 is 0 Å². The van der Waals surface area contributed by atoms with E-state index in [0.29, 0.717) is 5.75 Å². The Kier molecular flexibility index (Phi) is 2.73. The molecule has 0 atom stereocenters. The molecule has 1 aromatic rings. The maximum absolute atomic E-state index is 8.95. The first-order chi connectivity index (χ1) is 5.33. The number of rotatable bonds is 2. The second-order valence-electron chi connectivity index (χ2n) is 2.28. The van der Waals surface area contributed by atoms with Crippen LogP contribution in [0.1, 0.15) is 12.5 Å². The summed E-state index contributed by atoms with van der Waals surface area (Å²) in [6.45, 7) is 1.97. The molecule has 0 amide bonds. The lowest BCUT2D eigenvalue weighted by molar-refractivity contribution is 0.475. The van der Waals surface area contributed by atoms with Gasteiger partial charge in [0, 0.05) is 0 Å². The number of benzene rings is 1. The van der Waals surface area contributed by atoms with Crippen molar-refractivity contribution >= 4 is 6.08 Å². The minimum absolute atomic E-state index is 0.308. The first kappa shape index (κ1) is 7.86. The molecule has 0 saturated carbocycles. The highest BCUT2D eigenvalue weighted by atomic mass is 16.3. The molecule has 0 fully saturated rings. The van der Waals surface area contributed by atoms with Gasteiger partial charge in [-0.1, -0.05) is 31.2 Å². The zero-order valence-corrected chi connectivity index (χ0v) is 6.49. The van der Waals surface area contributed by atoms with Gasteiger partial charge in [-0.25, -0.2) is 0 Å². The SMILES string of the molecule is C[CH]C=Cc1ccc(O)cc1. The van der Waals surface area contributed by atoms with Gasteiger partial charge < -0.3 is 5.11 Å². The molecule has 0 aliphatic rings. The molecule has 1 N–H and O–H groups in total. The van der Waals surface area contributed by atoms with Crippen molar-refractivity contribution in [1.29, 1.82) is 0 Å². The van der Waals surface area contributed by atoms with Gasteiger partial charge in [-0.15, -0.1) is 0 Å².